The van der Waals surface area contributed by atoms with E-state index in [0.717, 1.165) is 12.0 Å². The largest absolute Gasteiger partial charge is 0.495 e. The van der Waals surface area contributed by atoms with E-state index in [-0.39, 0.29) is 18.4 Å². The van der Waals surface area contributed by atoms with Gasteiger partial charge in [-0.15, -0.1) is 0 Å². The zero-order valence-electron chi connectivity index (χ0n) is 14.6. The number of hydrogen-bond donors (Lipinski definition) is 2. The Labute approximate surface area is 147 Å². The second-order valence-corrected chi connectivity index (χ2v) is 5.39. The van der Waals surface area contributed by atoms with Gasteiger partial charge in [-0.05, 0) is 36.2 Å². The molecule has 2 N–H and O–H groups in total. The summed E-state index contributed by atoms with van der Waals surface area (Å²) in [6.45, 7) is 3.34. The topological polar surface area (TPSA) is 76.7 Å². The molecule has 0 saturated heterocycles. The fraction of sp³-hybridized carbons (Fsp3) is 0.263. The number of aryl methyl sites for hydroxylation is 1. The summed E-state index contributed by atoms with van der Waals surface area (Å²) in [6, 6.07) is 12.6. The van der Waals surface area contributed by atoms with Crippen LogP contribution in [0.25, 0.3) is 0 Å². The number of anilines is 2. The van der Waals surface area contributed by atoms with Crippen molar-refractivity contribution < 1.29 is 19.1 Å². The van der Waals surface area contributed by atoms with Gasteiger partial charge in [-0.25, -0.2) is 0 Å². The molecule has 0 aliphatic carbocycles. The van der Waals surface area contributed by atoms with Crippen molar-refractivity contribution in [3.05, 3.63) is 48.0 Å². The molecule has 2 rings (SSSR count). The number of para-hydroxylation sites is 1. The van der Waals surface area contributed by atoms with E-state index < -0.39 is 0 Å². The molecule has 0 fully saturated rings. The summed E-state index contributed by atoms with van der Waals surface area (Å²) in [5, 5.41) is 5.41. The predicted molar refractivity (Wildman–Crippen MR) is 97.2 cm³/mol. The summed E-state index contributed by atoms with van der Waals surface area (Å²) in [7, 11) is 1.51. The van der Waals surface area contributed by atoms with Crippen molar-refractivity contribution in [1.82, 2.24) is 0 Å². The molecule has 0 aliphatic rings. The van der Waals surface area contributed by atoms with Gasteiger partial charge in [-0.3, -0.25) is 9.59 Å². The van der Waals surface area contributed by atoms with Gasteiger partial charge in [0.2, 0.25) is 5.91 Å². The van der Waals surface area contributed by atoms with Crippen molar-refractivity contribution in [3.63, 3.8) is 0 Å². The minimum atomic E-state index is -0.287. The third-order valence-electron chi connectivity index (χ3n) is 3.51. The highest BCUT2D eigenvalue weighted by atomic mass is 16.5. The van der Waals surface area contributed by atoms with Crippen LogP contribution in [0.15, 0.2) is 42.5 Å². The van der Waals surface area contributed by atoms with E-state index in [1.165, 1.54) is 14.0 Å². The van der Waals surface area contributed by atoms with E-state index in [0.29, 0.717) is 22.9 Å². The van der Waals surface area contributed by atoms with E-state index in [4.69, 9.17) is 9.47 Å². The average Bonchev–Trinajstić information content (AvgIpc) is 2.60. The zero-order valence-corrected chi connectivity index (χ0v) is 14.6. The molecule has 2 aromatic rings. The molecule has 6 nitrogen and oxygen atoms in total. The zero-order chi connectivity index (χ0) is 18.2. The lowest BCUT2D eigenvalue weighted by atomic mass is 10.1. The Morgan fingerprint density at radius 2 is 1.80 bits per heavy atom. The molecule has 0 aliphatic heterocycles. The predicted octanol–water partition coefficient (Wildman–Crippen LogP) is 3.23. The molecule has 0 aromatic heterocycles. The van der Waals surface area contributed by atoms with Crippen LogP contribution >= 0.6 is 0 Å². The van der Waals surface area contributed by atoms with Crippen LogP contribution in [0.5, 0.6) is 11.5 Å². The minimum absolute atomic E-state index is 0.0987. The van der Waals surface area contributed by atoms with Gasteiger partial charge in [0, 0.05) is 12.6 Å². The second-order valence-electron chi connectivity index (χ2n) is 5.39. The van der Waals surface area contributed by atoms with Gasteiger partial charge in [0.25, 0.3) is 5.91 Å². The summed E-state index contributed by atoms with van der Waals surface area (Å²) >= 11 is 0. The number of rotatable bonds is 7. The van der Waals surface area contributed by atoms with E-state index in [9.17, 15) is 9.59 Å². The van der Waals surface area contributed by atoms with Crippen molar-refractivity contribution >= 4 is 23.2 Å². The number of nitrogens with one attached hydrogen (secondary N) is 2. The lowest BCUT2D eigenvalue weighted by molar-refractivity contribution is -0.118. The van der Waals surface area contributed by atoms with Gasteiger partial charge >= 0.3 is 0 Å². The van der Waals surface area contributed by atoms with Crippen LogP contribution in [-0.2, 0) is 16.0 Å². The summed E-state index contributed by atoms with van der Waals surface area (Å²) in [4.78, 5) is 23.4. The molecule has 6 heteroatoms. The number of carbonyl (C=O) groups is 2. The molecule has 0 atom stereocenters. The van der Waals surface area contributed by atoms with Gasteiger partial charge in [-0.1, -0.05) is 25.1 Å². The maximum atomic E-state index is 12.1. The maximum Gasteiger partial charge on any atom is 0.262 e. The first-order valence-corrected chi connectivity index (χ1v) is 7.99. The van der Waals surface area contributed by atoms with E-state index in [1.807, 2.05) is 31.2 Å². The third-order valence-corrected chi connectivity index (χ3v) is 3.51. The lowest BCUT2D eigenvalue weighted by Crippen LogP contribution is -2.20. The summed E-state index contributed by atoms with van der Waals surface area (Å²) in [6.07, 6.45) is 0.830. The number of ether oxygens (including phenoxy) is 2. The van der Waals surface area contributed by atoms with Crippen molar-refractivity contribution in [2.75, 3.05) is 24.4 Å². The quantitative estimate of drug-likeness (QED) is 0.810. The van der Waals surface area contributed by atoms with Crippen LogP contribution in [-0.4, -0.2) is 25.5 Å². The SMILES string of the molecule is CCc1ccccc1OCC(=O)Nc1ccc(OC)c(NC(C)=O)c1. The Hall–Kier alpha value is -3.02. The van der Waals surface area contributed by atoms with Crippen LogP contribution in [0.2, 0.25) is 0 Å². The highest BCUT2D eigenvalue weighted by Crippen LogP contribution is 2.27. The molecule has 25 heavy (non-hydrogen) atoms. The van der Waals surface area contributed by atoms with Gasteiger partial charge in [0.05, 0.1) is 12.8 Å². The van der Waals surface area contributed by atoms with Crippen molar-refractivity contribution in [1.29, 1.82) is 0 Å². The molecular weight excluding hydrogens is 320 g/mol. The van der Waals surface area contributed by atoms with E-state index in [2.05, 4.69) is 10.6 Å². The van der Waals surface area contributed by atoms with Crippen LogP contribution in [0.4, 0.5) is 11.4 Å². The first kappa shape index (κ1) is 18.3. The number of amides is 2. The van der Waals surface area contributed by atoms with Crippen LogP contribution in [0, 0.1) is 0 Å². The summed E-state index contributed by atoms with van der Waals surface area (Å²) in [5.74, 6) is 0.710. The molecule has 2 aromatic carbocycles. The molecule has 0 heterocycles. The lowest BCUT2D eigenvalue weighted by Gasteiger charge is -2.13. The average molecular weight is 342 g/mol. The van der Waals surface area contributed by atoms with Crippen molar-refractivity contribution in [2.45, 2.75) is 20.3 Å². The second kappa shape index (κ2) is 8.73. The molecule has 0 spiro atoms. The summed E-state index contributed by atoms with van der Waals surface area (Å²) in [5.41, 5.74) is 2.08. The highest BCUT2D eigenvalue weighted by molar-refractivity contribution is 5.95. The van der Waals surface area contributed by atoms with Gasteiger partial charge in [-0.2, -0.15) is 0 Å². The van der Waals surface area contributed by atoms with Gasteiger partial charge in [0.1, 0.15) is 11.5 Å². The minimum Gasteiger partial charge on any atom is -0.495 e. The molecule has 0 saturated carbocycles. The van der Waals surface area contributed by atoms with Crippen molar-refractivity contribution in [2.24, 2.45) is 0 Å². The van der Waals surface area contributed by atoms with Crippen molar-refractivity contribution in [3.8, 4) is 11.5 Å². The maximum absolute atomic E-state index is 12.1. The molecular formula is C19H22N2O4. The van der Waals surface area contributed by atoms with Gasteiger partial charge < -0.3 is 20.1 Å². The Morgan fingerprint density at radius 1 is 1.04 bits per heavy atom. The van der Waals surface area contributed by atoms with Gasteiger partial charge in [0.15, 0.2) is 6.61 Å². The van der Waals surface area contributed by atoms with Crippen LogP contribution in [0.3, 0.4) is 0 Å². The van der Waals surface area contributed by atoms with E-state index in [1.54, 1.807) is 18.2 Å². The standard InChI is InChI=1S/C19H22N2O4/c1-4-14-7-5-6-8-17(14)25-12-19(23)21-15-9-10-18(24-3)16(11-15)20-13(2)22/h5-11H,4,12H2,1-3H3,(H,20,22)(H,21,23). The highest BCUT2D eigenvalue weighted by Gasteiger charge is 2.10. The third kappa shape index (κ3) is 5.24. The number of carbonyl (C=O) groups excluding carboxylic acids is 2. The fourth-order valence-corrected chi connectivity index (χ4v) is 2.35. The van der Waals surface area contributed by atoms with E-state index >= 15 is 0 Å². The number of methoxy groups -OCH3 is 1. The van der Waals surface area contributed by atoms with Crippen LogP contribution in [0.1, 0.15) is 19.4 Å². The fourth-order valence-electron chi connectivity index (χ4n) is 2.35. The molecule has 0 bridgehead atoms. The number of hydrogen-bond acceptors (Lipinski definition) is 4. The number of benzene rings is 2. The summed E-state index contributed by atoms with van der Waals surface area (Å²) < 4.78 is 10.8. The Balaban J connectivity index is 2.01. The molecule has 2 amide bonds. The Kier molecular flexibility index (Phi) is 6.39. The Bertz CT molecular complexity index is 759. The molecule has 0 radical (unpaired) electrons. The smallest absolute Gasteiger partial charge is 0.262 e. The Morgan fingerprint density at radius 3 is 2.48 bits per heavy atom. The monoisotopic (exact) mass is 342 g/mol. The molecule has 132 valence electrons. The first-order chi connectivity index (χ1) is 12.0. The molecule has 0 unspecified atom stereocenters. The first-order valence-electron chi connectivity index (χ1n) is 7.99. The van der Waals surface area contributed by atoms with Crippen LogP contribution < -0.4 is 20.1 Å². The normalized spacial score (nSPS) is 10.0.